The van der Waals surface area contributed by atoms with Gasteiger partial charge in [0.2, 0.25) is 0 Å². The molecule has 0 amide bonds. The van der Waals surface area contributed by atoms with E-state index in [0.29, 0.717) is 6.04 Å². The van der Waals surface area contributed by atoms with Crippen molar-refractivity contribution in [3.63, 3.8) is 0 Å². The number of ketones is 1. The van der Waals surface area contributed by atoms with Gasteiger partial charge in [-0.05, 0) is 6.92 Å². The lowest BCUT2D eigenvalue weighted by molar-refractivity contribution is -0.116. The zero-order valence-electron chi connectivity index (χ0n) is 4.40. The highest BCUT2D eigenvalue weighted by Crippen LogP contribution is 2.01. The van der Waals surface area contributed by atoms with Crippen LogP contribution in [0.25, 0.3) is 0 Å². The Balaban J connectivity index is 2.08. The van der Waals surface area contributed by atoms with Crippen LogP contribution in [0.4, 0.5) is 0 Å². The largest absolute Gasteiger partial charge is 0.311 e. The van der Waals surface area contributed by atoms with Crippen LogP contribution in [0.2, 0.25) is 0 Å². The maximum absolute atomic E-state index is 10.3. The van der Waals surface area contributed by atoms with E-state index >= 15 is 0 Å². The average Bonchev–Trinajstić information content (AvgIpc) is 2.17. The summed E-state index contributed by atoms with van der Waals surface area (Å²) in [4.78, 5) is 10.3. The Morgan fingerprint density at radius 1 is 2.00 bits per heavy atom. The molecule has 1 aliphatic heterocycles. The van der Waals surface area contributed by atoms with Crippen molar-refractivity contribution in [1.82, 2.24) is 5.32 Å². The van der Waals surface area contributed by atoms with Gasteiger partial charge in [0.15, 0.2) is 0 Å². The van der Waals surface area contributed by atoms with Crippen LogP contribution in [0.3, 0.4) is 0 Å². The summed E-state index contributed by atoms with van der Waals surface area (Å²) in [5.74, 6) is 0.287. The van der Waals surface area contributed by atoms with E-state index in [1.54, 1.807) is 6.92 Å². The van der Waals surface area contributed by atoms with Crippen LogP contribution in [0.1, 0.15) is 13.3 Å². The number of hydrogen-bond acceptors (Lipinski definition) is 2. The summed E-state index contributed by atoms with van der Waals surface area (Å²) >= 11 is 0. The molecule has 1 heterocycles. The quantitative estimate of drug-likeness (QED) is 0.492. The van der Waals surface area contributed by atoms with Gasteiger partial charge in [0, 0.05) is 19.0 Å². The van der Waals surface area contributed by atoms with Crippen molar-refractivity contribution in [2.24, 2.45) is 0 Å². The van der Waals surface area contributed by atoms with Crippen LogP contribution in [0.15, 0.2) is 0 Å². The summed E-state index contributed by atoms with van der Waals surface area (Å²) in [5.41, 5.74) is 0. The summed E-state index contributed by atoms with van der Waals surface area (Å²) < 4.78 is 0. The van der Waals surface area contributed by atoms with Gasteiger partial charge in [-0.2, -0.15) is 0 Å². The van der Waals surface area contributed by atoms with Crippen molar-refractivity contribution >= 4 is 5.78 Å². The fourth-order valence-electron chi connectivity index (χ4n) is 0.575. The molecule has 0 aromatic heterocycles. The molecule has 1 rings (SSSR count). The van der Waals surface area contributed by atoms with Gasteiger partial charge in [-0.25, -0.2) is 0 Å². The highest BCUT2D eigenvalue weighted by Gasteiger charge is 2.20. The third kappa shape index (κ3) is 1.69. The molecule has 1 fully saturated rings. The molecular weight excluding hydrogens is 90.1 g/mol. The molecule has 1 atom stereocenters. The van der Waals surface area contributed by atoms with Gasteiger partial charge in [0.05, 0.1) is 0 Å². The first-order chi connectivity index (χ1) is 3.29. The second-order valence-corrected chi connectivity index (χ2v) is 2.01. The fourth-order valence-corrected chi connectivity index (χ4v) is 0.575. The Morgan fingerprint density at radius 3 is 2.71 bits per heavy atom. The topological polar surface area (TPSA) is 39.0 Å². The van der Waals surface area contributed by atoms with Crippen molar-refractivity contribution in [3.05, 3.63) is 0 Å². The minimum atomic E-state index is 0.287. The van der Waals surface area contributed by atoms with Gasteiger partial charge in [-0.3, -0.25) is 4.79 Å². The maximum Gasteiger partial charge on any atom is 0.131 e. The van der Waals surface area contributed by atoms with Crippen molar-refractivity contribution in [2.75, 3.05) is 6.54 Å². The van der Waals surface area contributed by atoms with Gasteiger partial charge < -0.3 is 5.32 Å². The van der Waals surface area contributed by atoms with Crippen molar-refractivity contribution in [2.45, 2.75) is 19.4 Å². The normalized spacial score (nSPS) is 27.3. The van der Waals surface area contributed by atoms with E-state index in [4.69, 9.17) is 0 Å². The van der Waals surface area contributed by atoms with Crippen LogP contribution < -0.4 is 5.32 Å². The summed E-state index contributed by atoms with van der Waals surface area (Å²) in [6, 6.07) is 0.525. The Labute approximate surface area is 42.9 Å². The maximum atomic E-state index is 10.3. The van der Waals surface area contributed by atoms with Gasteiger partial charge in [0.25, 0.3) is 0 Å². The lowest BCUT2D eigenvalue weighted by Crippen LogP contribution is -1.97. The van der Waals surface area contributed by atoms with Gasteiger partial charge in [-0.15, -0.1) is 0 Å². The van der Waals surface area contributed by atoms with Gasteiger partial charge in [0.1, 0.15) is 5.78 Å². The highest BCUT2D eigenvalue weighted by atomic mass is 16.1. The average molecular weight is 99.1 g/mol. The molecular formula is C5H9NO. The Bertz CT molecular complexity index is 86.1. The zero-order valence-corrected chi connectivity index (χ0v) is 4.40. The van der Waals surface area contributed by atoms with E-state index in [1.807, 2.05) is 0 Å². The lowest BCUT2D eigenvalue weighted by Gasteiger charge is -1.82. The minimum Gasteiger partial charge on any atom is -0.311 e. The van der Waals surface area contributed by atoms with Crippen LogP contribution in [-0.2, 0) is 4.79 Å². The predicted octanol–water partition coefficient (Wildman–Crippen LogP) is -0.0627. The lowest BCUT2D eigenvalue weighted by atomic mass is 10.2. The third-order valence-corrected chi connectivity index (χ3v) is 1.03. The summed E-state index contributed by atoms with van der Waals surface area (Å²) in [5, 5.41) is 3.04. The molecule has 0 aliphatic carbocycles. The number of rotatable bonds is 2. The number of Topliss-reactive ketones (excluding diaryl/α,β-unsaturated/α-hetero) is 1. The standard InChI is InChI=1S/C5H9NO/c1-4(7)2-5-3-6-5/h5-6H,2-3H2,1H3. The van der Waals surface area contributed by atoms with E-state index < -0.39 is 0 Å². The number of hydrogen-bond donors (Lipinski definition) is 1. The molecule has 2 nitrogen and oxygen atoms in total. The SMILES string of the molecule is CC(=O)CC1CN1. The molecule has 1 unspecified atom stereocenters. The number of carbonyl (C=O) groups is 1. The summed E-state index contributed by atoms with van der Waals surface area (Å²) in [6.45, 7) is 2.67. The van der Waals surface area contributed by atoms with Gasteiger partial charge in [-0.1, -0.05) is 0 Å². The monoisotopic (exact) mass is 99.1 g/mol. The Hall–Kier alpha value is -0.370. The second kappa shape index (κ2) is 1.62. The number of nitrogens with one attached hydrogen (secondary N) is 1. The minimum absolute atomic E-state index is 0.287. The molecule has 0 aromatic carbocycles. The smallest absolute Gasteiger partial charge is 0.131 e. The molecule has 0 saturated carbocycles. The first kappa shape index (κ1) is 4.78. The molecule has 0 spiro atoms. The fraction of sp³-hybridized carbons (Fsp3) is 0.800. The van der Waals surface area contributed by atoms with Crippen LogP contribution >= 0.6 is 0 Å². The van der Waals surface area contributed by atoms with E-state index in [2.05, 4.69) is 5.32 Å². The van der Waals surface area contributed by atoms with Crippen LogP contribution in [0.5, 0.6) is 0 Å². The third-order valence-electron chi connectivity index (χ3n) is 1.03. The zero-order chi connectivity index (χ0) is 5.28. The van der Waals surface area contributed by atoms with Crippen molar-refractivity contribution < 1.29 is 4.79 Å². The van der Waals surface area contributed by atoms with E-state index in [1.165, 1.54) is 0 Å². The highest BCUT2D eigenvalue weighted by molar-refractivity contribution is 5.76. The van der Waals surface area contributed by atoms with Crippen molar-refractivity contribution in [3.8, 4) is 0 Å². The first-order valence-electron chi connectivity index (χ1n) is 2.52. The summed E-state index contributed by atoms with van der Waals surface area (Å²) in [7, 11) is 0. The van der Waals surface area contributed by atoms with E-state index in [-0.39, 0.29) is 5.78 Å². The molecule has 1 aliphatic rings. The van der Waals surface area contributed by atoms with Gasteiger partial charge >= 0.3 is 0 Å². The van der Waals surface area contributed by atoms with Crippen LogP contribution in [-0.4, -0.2) is 18.4 Å². The van der Waals surface area contributed by atoms with E-state index in [9.17, 15) is 4.79 Å². The first-order valence-corrected chi connectivity index (χ1v) is 2.52. The number of carbonyl (C=O) groups excluding carboxylic acids is 1. The molecule has 0 radical (unpaired) electrons. The second-order valence-electron chi connectivity index (χ2n) is 2.01. The molecule has 1 saturated heterocycles. The van der Waals surface area contributed by atoms with Crippen molar-refractivity contribution in [1.29, 1.82) is 0 Å². The van der Waals surface area contributed by atoms with Crippen LogP contribution in [0, 0.1) is 0 Å². The molecule has 7 heavy (non-hydrogen) atoms. The predicted molar refractivity (Wildman–Crippen MR) is 27.1 cm³/mol. The molecule has 1 N–H and O–H groups in total. The molecule has 0 aromatic rings. The molecule has 40 valence electrons. The Morgan fingerprint density at radius 2 is 2.57 bits per heavy atom. The molecule has 0 bridgehead atoms. The van der Waals surface area contributed by atoms with E-state index in [0.717, 1.165) is 13.0 Å². The Kier molecular flexibility index (Phi) is 1.11. The summed E-state index contributed by atoms with van der Waals surface area (Å²) in [6.07, 6.45) is 0.722. The molecule has 2 heteroatoms.